The third-order valence-corrected chi connectivity index (χ3v) is 4.43. The van der Waals surface area contributed by atoms with Crippen LogP contribution in [0.5, 0.6) is 11.5 Å². The molecule has 0 fully saturated rings. The number of halogens is 3. The Morgan fingerprint density at radius 2 is 1.77 bits per heavy atom. The van der Waals surface area contributed by atoms with E-state index in [0.29, 0.717) is 17.1 Å². The van der Waals surface area contributed by atoms with Crippen molar-refractivity contribution in [2.24, 2.45) is 0 Å². The number of ether oxygens (including phenoxy) is 2. The Labute approximate surface area is 159 Å². The number of aliphatic hydroxyl groups is 1. The highest BCUT2D eigenvalue weighted by atomic mass is 35.5. The minimum atomic E-state index is -1.33. The van der Waals surface area contributed by atoms with Gasteiger partial charge in [-0.05, 0) is 28.8 Å². The van der Waals surface area contributed by atoms with Crippen molar-refractivity contribution in [1.29, 1.82) is 0 Å². The number of carbonyl (C=O) groups is 1. The number of alkyl halides is 3. The number of fused-ring (bicyclic) bond motifs is 1. The van der Waals surface area contributed by atoms with Crippen molar-refractivity contribution in [3.8, 4) is 22.6 Å². The smallest absolute Gasteiger partial charge is 0.253 e. The molecule has 0 unspecified atom stereocenters. The molecule has 0 saturated carbocycles. The second kappa shape index (κ2) is 8.12. The molecule has 0 bridgehead atoms. The summed E-state index contributed by atoms with van der Waals surface area (Å²) in [7, 11) is 0. The second-order valence-electron chi connectivity index (χ2n) is 5.70. The summed E-state index contributed by atoms with van der Waals surface area (Å²) >= 11 is 10.9. The lowest BCUT2D eigenvalue weighted by Gasteiger charge is -2.22. The van der Waals surface area contributed by atoms with Crippen LogP contribution in [-0.2, 0) is 4.79 Å². The van der Waals surface area contributed by atoms with Gasteiger partial charge in [-0.2, -0.15) is 0 Å². The molecular formula is C18H16Cl2FNO4. The second-order valence-corrected chi connectivity index (χ2v) is 6.80. The summed E-state index contributed by atoms with van der Waals surface area (Å²) in [4.78, 5) is 10.2. The molecule has 2 atom stereocenters. The van der Waals surface area contributed by atoms with E-state index in [-0.39, 0.29) is 6.79 Å². The molecule has 5 nitrogen and oxygen atoms in total. The van der Waals surface area contributed by atoms with E-state index < -0.39 is 29.6 Å². The van der Waals surface area contributed by atoms with E-state index in [9.17, 15) is 14.3 Å². The van der Waals surface area contributed by atoms with Gasteiger partial charge in [-0.25, -0.2) is 4.39 Å². The highest BCUT2D eigenvalue weighted by Crippen LogP contribution is 2.36. The van der Waals surface area contributed by atoms with Gasteiger partial charge in [-0.15, -0.1) is 0 Å². The molecule has 0 aromatic heterocycles. The fourth-order valence-electron chi connectivity index (χ4n) is 2.63. The van der Waals surface area contributed by atoms with Crippen LogP contribution >= 0.6 is 23.2 Å². The van der Waals surface area contributed by atoms with E-state index in [1.807, 2.05) is 18.2 Å². The fourth-order valence-corrected chi connectivity index (χ4v) is 2.75. The lowest BCUT2D eigenvalue weighted by molar-refractivity contribution is -0.121. The minimum Gasteiger partial charge on any atom is -0.454 e. The van der Waals surface area contributed by atoms with Crippen molar-refractivity contribution >= 4 is 29.1 Å². The highest BCUT2D eigenvalue weighted by Gasteiger charge is 2.25. The normalized spacial score (nSPS) is 15.0. The third kappa shape index (κ3) is 4.03. The topological polar surface area (TPSA) is 67.8 Å². The predicted octanol–water partition coefficient (Wildman–Crippen LogP) is 3.37. The van der Waals surface area contributed by atoms with Crippen molar-refractivity contribution in [3.05, 3.63) is 48.0 Å². The van der Waals surface area contributed by atoms with E-state index in [1.54, 1.807) is 24.3 Å². The SMILES string of the molecule is O=C(N[C@H](CF)[C@H](O)c1ccc(-c2ccc3c(c2)OCO3)cc1)C(Cl)Cl. The van der Waals surface area contributed by atoms with Gasteiger partial charge in [0.15, 0.2) is 16.3 Å². The minimum absolute atomic E-state index is 0.200. The van der Waals surface area contributed by atoms with Crippen molar-refractivity contribution in [2.75, 3.05) is 13.5 Å². The maximum Gasteiger partial charge on any atom is 0.253 e. The average Bonchev–Trinajstić information content (AvgIpc) is 3.13. The molecule has 8 heteroatoms. The average molecular weight is 400 g/mol. The van der Waals surface area contributed by atoms with E-state index in [4.69, 9.17) is 32.7 Å². The van der Waals surface area contributed by atoms with Crippen molar-refractivity contribution in [1.82, 2.24) is 5.32 Å². The van der Waals surface area contributed by atoms with Crippen molar-refractivity contribution < 1.29 is 23.8 Å². The molecule has 2 N–H and O–H groups in total. The summed E-state index contributed by atoms with van der Waals surface area (Å²) < 4.78 is 23.8. The van der Waals surface area contributed by atoms with Crippen LogP contribution < -0.4 is 14.8 Å². The Balaban J connectivity index is 1.75. The van der Waals surface area contributed by atoms with Crippen LogP contribution in [0.3, 0.4) is 0 Å². The molecule has 0 aliphatic carbocycles. The molecule has 138 valence electrons. The molecule has 2 aromatic carbocycles. The Hall–Kier alpha value is -2.02. The van der Waals surface area contributed by atoms with E-state index in [0.717, 1.165) is 11.1 Å². The lowest BCUT2D eigenvalue weighted by atomic mass is 9.98. The zero-order valence-corrected chi connectivity index (χ0v) is 15.0. The van der Waals surface area contributed by atoms with Gasteiger partial charge in [-0.1, -0.05) is 53.5 Å². The molecule has 2 aromatic rings. The molecule has 3 rings (SSSR count). The van der Waals surface area contributed by atoms with E-state index in [2.05, 4.69) is 5.32 Å². The Bertz CT molecular complexity index is 785. The Morgan fingerprint density at radius 1 is 1.12 bits per heavy atom. The van der Waals surface area contributed by atoms with Crippen LogP contribution in [0.4, 0.5) is 4.39 Å². The number of hydrogen-bond acceptors (Lipinski definition) is 4. The quantitative estimate of drug-likeness (QED) is 0.730. The van der Waals surface area contributed by atoms with Crippen LogP contribution in [0.25, 0.3) is 11.1 Å². The molecule has 1 aliphatic rings. The fraction of sp³-hybridized carbons (Fsp3) is 0.278. The first-order valence-corrected chi connectivity index (χ1v) is 8.69. The summed E-state index contributed by atoms with van der Waals surface area (Å²) in [5, 5.41) is 12.6. The first-order valence-electron chi connectivity index (χ1n) is 7.82. The van der Waals surface area contributed by atoms with Crippen LogP contribution in [0.15, 0.2) is 42.5 Å². The maximum absolute atomic E-state index is 13.2. The number of carbonyl (C=O) groups excluding carboxylic acids is 1. The summed E-state index contributed by atoms with van der Waals surface area (Å²) in [5.41, 5.74) is 2.26. The predicted molar refractivity (Wildman–Crippen MR) is 96.4 cm³/mol. The van der Waals surface area contributed by atoms with Crippen LogP contribution in [0, 0.1) is 0 Å². The summed E-state index contributed by atoms with van der Waals surface area (Å²) in [6.45, 7) is -0.761. The number of nitrogens with one attached hydrogen (secondary N) is 1. The number of rotatable bonds is 6. The molecular weight excluding hydrogens is 384 g/mol. The molecule has 0 saturated heterocycles. The van der Waals surface area contributed by atoms with E-state index >= 15 is 0 Å². The zero-order valence-electron chi connectivity index (χ0n) is 13.5. The standard InChI is InChI=1S/C18H16Cl2FNO4/c19-17(20)18(24)22-13(8-21)16(23)11-3-1-10(2-4-11)12-5-6-14-15(7-12)26-9-25-14/h1-7,13,16-17,23H,8-9H2,(H,22,24)/t13-,16-/m1/s1. The molecule has 0 radical (unpaired) electrons. The number of aliphatic hydroxyl groups excluding tert-OH is 1. The molecule has 0 spiro atoms. The molecule has 26 heavy (non-hydrogen) atoms. The summed E-state index contributed by atoms with van der Waals surface area (Å²) in [6.07, 6.45) is -1.23. The van der Waals surface area contributed by atoms with Crippen molar-refractivity contribution in [2.45, 2.75) is 17.0 Å². The molecule has 1 heterocycles. The molecule has 1 amide bonds. The summed E-state index contributed by atoms with van der Waals surface area (Å²) in [5.74, 6) is 0.606. The van der Waals surface area contributed by atoms with E-state index in [1.165, 1.54) is 0 Å². The van der Waals surface area contributed by atoms with Crippen LogP contribution in [0.2, 0.25) is 0 Å². The van der Waals surface area contributed by atoms with Gasteiger partial charge in [0.25, 0.3) is 5.91 Å². The highest BCUT2D eigenvalue weighted by molar-refractivity contribution is 6.53. The van der Waals surface area contributed by atoms with Gasteiger partial charge in [0.2, 0.25) is 6.79 Å². The Kier molecular flexibility index (Phi) is 5.86. The maximum atomic E-state index is 13.2. The number of amides is 1. The van der Waals surface area contributed by atoms with Crippen LogP contribution in [0.1, 0.15) is 11.7 Å². The molecule has 1 aliphatic heterocycles. The zero-order chi connectivity index (χ0) is 18.7. The van der Waals surface area contributed by atoms with Gasteiger partial charge in [0, 0.05) is 0 Å². The first kappa shape index (κ1) is 18.8. The van der Waals surface area contributed by atoms with Gasteiger partial charge in [0.05, 0.1) is 6.04 Å². The van der Waals surface area contributed by atoms with Gasteiger partial charge in [-0.3, -0.25) is 4.79 Å². The van der Waals surface area contributed by atoms with Gasteiger partial charge in [0.1, 0.15) is 12.8 Å². The van der Waals surface area contributed by atoms with Gasteiger partial charge < -0.3 is 19.9 Å². The monoisotopic (exact) mass is 399 g/mol. The summed E-state index contributed by atoms with van der Waals surface area (Å²) in [6, 6.07) is 11.3. The third-order valence-electron chi connectivity index (χ3n) is 4.03. The Morgan fingerprint density at radius 3 is 2.42 bits per heavy atom. The first-order chi connectivity index (χ1) is 12.5. The van der Waals surface area contributed by atoms with Crippen molar-refractivity contribution in [3.63, 3.8) is 0 Å². The van der Waals surface area contributed by atoms with Crippen LogP contribution in [-0.4, -0.2) is 35.4 Å². The van der Waals surface area contributed by atoms with Gasteiger partial charge >= 0.3 is 0 Å². The number of hydrogen-bond donors (Lipinski definition) is 2. The number of benzene rings is 2. The largest absolute Gasteiger partial charge is 0.454 e. The lowest BCUT2D eigenvalue weighted by Crippen LogP contribution is -2.43.